The Labute approximate surface area is 208 Å². The third kappa shape index (κ3) is 6.71. The average Bonchev–Trinajstić information content (AvgIpc) is 2.81. The van der Waals surface area contributed by atoms with E-state index in [0.717, 1.165) is 11.9 Å². The molecule has 0 unspecified atom stereocenters. The molecule has 0 saturated heterocycles. The van der Waals surface area contributed by atoms with Crippen LogP contribution < -0.4 is 10.6 Å². The number of hydrogen-bond acceptors (Lipinski definition) is 6. The van der Waals surface area contributed by atoms with Gasteiger partial charge in [0.1, 0.15) is 11.4 Å². The molecule has 1 aliphatic carbocycles. The molecule has 0 bridgehead atoms. The molecule has 35 heavy (non-hydrogen) atoms. The van der Waals surface area contributed by atoms with Gasteiger partial charge in [0.2, 0.25) is 0 Å². The lowest BCUT2D eigenvalue weighted by Gasteiger charge is -2.16. The highest BCUT2D eigenvalue weighted by Crippen LogP contribution is 2.27. The van der Waals surface area contributed by atoms with Crippen molar-refractivity contribution in [2.45, 2.75) is 6.18 Å². The molecule has 0 saturated carbocycles. The van der Waals surface area contributed by atoms with E-state index in [1.54, 1.807) is 48.7 Å². The normalized spacial score (nSPS) is 15.1. The average molecular weight is 518 g/mol. The van der Waals surface area contributed by atoms with Gasteiger partial charge in [0, 0.05) is 17.5 Å². The number of anilines is 1. The number of benzene rings is 2. The summed E-state index contributed by atoms with van der Waals surface area (Å²) in [4.78, 5) is 12.8. The lowest BCUT2D eigenvalue weighted by atomic mass is 10.0. The van der Waals surface area contributed by atoms with Crippen molar-refractivity contribution >= 4 is 58.0 Å². The van der Waals surface area contributed by atoms with Crippen LogP contribution in [0.5, 0.6) is 0 Å². The summed E-state index contributed by atoms with van der Waals surface area (Å²) in [6, 6.07) is 12.3. The molecule has 2 aromatic rings. The SMILES string of the molecule is CS/N=C1\C(=N)C=CC=C1NC(=O)c1ccc(/C(=C/C(=N)C(F)(F)F)Nc2ccccc2Cl)cc1. The number of halogens is 4. The van der Waals surface area contributed by atoms with Crippen molar-refractivity contribution in [3.05, 3.63) is 94.7 Å². The monoisotopic (exact) mass is 517 g/mol. The molecule has 4 N–H and O–H groups in total. The van der Waals surface area contributed by atoms with Gasteiger partial charge in [0.25, 0.3) is 5.91 Å². The van der Waals surface area contributed by atoms with Crippen molar-refractivity contribution < 1.29 is 18.0 Å². The van der Waals surface area contributed by atoms with Gasteiger partial charge in [-0.1, -0.05) is 41.9 Å². The Bertz CT molecular complexity index is 1280. The highest BCUT2D eigenvalue weighted by Gasteiger charge is 2.33. The van der Waals surface area contributed by atoms with Crippen LogP contribution in [0.15, 0.2) is 82.9 Å². The first-order valence-electron chi connectivity index (χ1n) is 9.99. The van der Waals surface area contributed by atoms with Crippen LogP contribution in [0.1, 0.15) is 15.9 Å². The van der Waals surface area contributed by atoms with Crippen LogP contribution in [-0.2, 0) is 0 Å². The number of rotatable bonds is 7. The topological polar surface area (TPSA) is 101 Å². The minimum Gasteiger partial charge on any atom is -0.354 e. The summed E-state index contributed by atoms with van der Waals surface area (Å²) in [5, 5.41) is 21.2. The smallest absolute Gasteiger partial charge is 0.354 e. The number of carbonyl (C=O) groups excluding carboxylic acids is 1. The Morgan fingerprint density at radius 2 is 1.74 bits per heavy atom. The highest BCUT2D eigenvalue weighted by atomic mass is 35.5. The molecule has 0 aliphatic heterocycles. The summed E-state index contributed by atoms with van der Waals surface area (Å²) in [6.45, 7) is 0. The Hall–Kier alpha value is -3.63. The van der Waals surface area contributed by atoms with Gasteiger partial charge in [-0.2, -0.15) is 13.2 Å². The number of alkyl halides is 3. The van der Waals surface area contributed by atoms with Crippen molar-refractivity contribution in [3.63, 3.8) is 0 Å². The van der Waals surface area contributed by atoms with Crippen LogP contribution in [0.3, 0.4) is 0 Å². The minimum atomic E-state index is -4.83. The number of para-hydroxylation sites is 1. The Morgan fingerprint density at radius 1 is 1.09 bits per heavy atom. The van der Waals surface area contributed by atoms with E-state index in [-0.39, 0.29) is 22.0 Å². The predicted molar refractivity (Wildman–Crippen MR) is 137 cm³/mol. The maximum atomic E-state index is 13.0. The van der Waals surface area contributed by atoms with Gasteiger partial charge < -0.3 is 10.6 Å². The third-order valence-corrected chi connectivity index (χ3v) is 5.36. The number of allylic oxidation sites excluding steroid dienone is 5. The number of nitrogens with zero attached hydrogens (tertiary/aromatic N) is 1. The fourth-order valence-electron chi connectivity index (χ4n) is 2.96. The molecular weight excluding hydrogens is 499 g/mol. The van der Waals surface area contributed by atoms with E-state index in [2.05, 4.69) is 15.0 Å². The minimum absolute atomic E-state index is 0.0182. The van der Waals surface area contributed by atoms with Crippen molar-refractivity contribution in [3.8, 4) is 0 Å². The molecule has 0 radical (unpaired) electrons. The molecule has 2 aromatic carbocycles. The number of nitrogens with one attached hydrogen (secondary N) is 4. The number of hydrogen-bond donors (Lipinski definition) is 4. The highest BCUT2D eigenvalue weighted by molar-refractivity contribution is 7.97. The van der Waals surface area contributed by atoms with Crippen LogP contribution >= 0.6 is 23.5 Å². The first-order chi connectivity index (χ1) is 16.6. The van der Waals surface area contributed by atoms with E-state index < -0.39 is 17.8 Å². The quantitative estimate of drug-likeness (QED) is 0.197. The third-order valence-electron chi connectivity index (χ3n) is 4.66. The van der Waals surface area contributed by atoms with Crippen LogP contribution in [0.2, 0.25) is 5.02 Å². The van der Waals surface area contributed by atoms with Gasteiger partial charge >= 0.3 is 6.18 Å². The summed E-state index contributed by atoms with van der Waals surface area (Å²) in [5.41, 5.74) is 0.177. The van der Waals surface area contributed by atoms with Crippen molar-refractivity contribution in [1.82, 2.24) is 5.32 Å². The summed E-state index contributed by atoms with van der Waals surface area (Å²) in [6.07, 6.45) is 2.35. The predicted octanol–water partition coefficient (Wildman–Crippen LogP) is 6.30. The molecule has 180 valence electrons. The van der Waals surface area contributed by atoms with Gasteiger partial charge in [0.05, 0.1) is 22.1 Å². The maximum absolute atomic E-state index is 13.0. The fourth-order valence-corrected chi connectivity index (χ4v) is 3.52. The summed E-state index contributed by atoms with van der Waals surface area (Å²) in [5.74, 6) is -0.479. The molecule has 11 heteroatoms. The van der Waals surface area contributed by atoms with Crippen LogP contribution in [0.4, 0.5) is 18.9 Å². The van der Waals surface area contributed by atoms with Gasteiger partial charge in [-0.25, -0.2) is 4.40 Å². The lowest BCUT2D eigenvalue weighted by molar-refractivity contribution is -0.0583. The number of amides is 1. The molecule has 0 spiro atoms. The van der Waals surface area contributed by atoms with E-state index in [1.807, 2.05) is 0 Å². The van der Waals surface area contributed by atoms with Gasteiger partial charge in [-0.15, -0.1) is 0 Å². The van der Waals surface area contributed by atoms with E-state index in [9.17, 15) is 18.0 Å². The molecule has 0 heterocycles. The zero-order chi connectivity index (χ0) is 25.6. The second-order valence-electron chi connectivity index (χ2n) is 7.08. The van der Waals surface area contributed by atoms with E-state index in [4.69, 9.17) is 22.4 Å². The zero-order valence-electron chi connectivity index (χ0n) is 18.2. The molecule has 0 atom stereocenters. The van der Waals surface area contributed by atoms with Gasteiger partial charge in [0.15, 0.2) is 0 Å². The van der Waals surface area contributed by atoms with Gasteiger partial charge in [-0.05, 0) is 60.0 Å². The van der Waals surface area contributed by atoms with Crippen molar-refractivity contribution in [2.75, 3.05) is 11.6 Å². The lowest BCUT2D eigenvalue weighted by Crippen LogP contribution is -2.31. The molecule has 0 fully saturated rings. The maximum Gasteiger partial charge on any atom is 0.432 e. The molecule has 6 nitrogen and oxygen atoms in total. The van der Waals surface area contributed by atoms with Crippen LogP contribution in [0.25, 0.3) is 5.70 Å². The Balaban J connectivity index is 1.88. The first-order valence-corrected chi connectivity index (χ1v) is 11.6. The number of carbonyl (C=O) groups is 1. The molecule has 0 aromatic heterocycles. The van der Waals surface area contributed by atoms with Crippen LogP contribution in [0, 0.1) is 10.8 Å². The van der Waals surface area contributed by atoms with Crippen molar-refractivity contribution in [1.29, 1.82) is 10.8 Å². The second kappa shape index (κ2) is 11.2. The Kier molecular flexibility index (Phi) is 8.31. The second-order valence-corrected chi connectivity index (χ2v) is 8.04. The van der Waals surface area contributed by atoms with E-state index in [1.165, 1.54) is 24.3 Å². The van der Waals surface area contributed by atoms with Crippen molar-refractivity contribution in [2.24, 2.45) is 4.40 Å². The van der Waals surface area contributed by atoms with E-state index in [0.29, 0.717) is 28.7 Å². The standard InChI is InChI=1S/C24H19ClF3N5OS/c1-35-33-22-17(29)6-4-8-19(22)32-23(34)15-11-9-14(10-12-15)20(13-21(30)24(26,27)28)31-18-7-3-2-5-16(18)25/h2-13,29-31H,1H3,(H,32,34)/b20-13-,29-17?,30-21?,33-22+. The molecule has 1 amide bonds. The molecular formula is C24H19ClF3N5OS. The molecule has 1 aliphatic rings. The van der Waals surface area contributed by atoms with Gasteiger partial charge in [-0.3, -0.25) is 15.6 Å². The first kappa shape index (κ1) is 26.0. The fraction of sp³-hybridized carbons (Fsp3) is 0.0833. The summed E-state index contributed by atoms with van der Waals surface area (Å²) < 4.78 is 43.3. The van der Waals surface area contributed by atoms with E-state index >= 15 is 0 Å². The largest absolute Gasteiger partial charge is 0.432 e. The Morgan fingerprint density at radius 3 is 2.37 bits per heavy atom. The van der Waals surface area contributed by atoms with Crippen LogP contribution in [-0.4, -0.2) is 35.5 Å². The summed E-state index contributed by atoms with van der Waals surface area (Å²) >= 11 is 7.28. The zero-order valence-corrected chi connectivity index (χ0v) is 19.8. The molecule has 3 rings (SSSR count). The summed E-state index contributed by atoms with van der Waals surface area (Å²) in [7, 11) is 0.